The van der Waals surface area contributed by atoms with Gasteiger partial charge in [-0.3, -0.25) is 14.5 Å². The fourth-order valence-electron chi connectivity index (χ4n) is 3.34. The zero-order valence-electron chi connectivity index (χ0n) is 19.3. The zero-order chi connectivity index (χ0) is 22.1. The van der Waals surface area contributed by atoms with Crippen molar-refractivity contribution in [1.82, 2.24) is 30.1 Å². The Morgan fingerprint density at radius 1 is 1.09 bits per heavy atom. The Morgan fingerprint density at radius 3 is 2.50 bits per heavy atom. The molecule has 0 spiro atoms. The summed E-state index contributed by atoms with van der Waals surface area (Å²) in [6.07, 6.45) is 6.61. The molecule has 0 saturated carbocycles. The predicted molar refractivity (Wildman–Crippen MR) is 142 cm³/mol. The number of aliphatic imine (C=N–C) groups is 1. The lowest BCUT2D eigenvalue weighted by Gasteiger charge is -2.25. The van der Waals surface area contributed by atoms with Crippen molar-refractivity contribution in [3.63, 3.8) is 0 Å². The quantitative estimate of drug-likeness (QED) is 0.243. The number of guanidine groups is 1. The van der Waals surface area contributed by atoms with E-state index in [1.807, 2.05) is 30.0 Å². The molecule has 0 aliphatic carbocycles. The Kier molecular flexibility index (Phi) is 10.6. The third kappa shape index (κ3) is 7.59. The Bertz CT molecular complexity index is 954. The average Bonchev–Trinajstić information content (AvgIpc) is 3.22. The third-order valence-electron chi connectivity index (χ3n) is 5.45. The van der Waals surface area contributed by atoms with Gasteiger partial charge in [-0.25, -0.2) is 9.97 Å². The molecular formula is C24H34IN7. The number of hydrogen-bond acceptors (Lipinski definition) is 4. The first-order chi connectivity index (χ1) is 15.1. The van der Waals surface area contributed by atoms with E-state index in [0.29, 0.717) is 12.6 Å². The summed E-state index contributed by atoms with van der Waals surface area (Å²) in [7, 11) is 3.97. The monoisotopic (exact) mass is 547 g/mol. The Morgan fingerprint density at radius 2 is 1.88 bits per heavy atom. The van der Waals surface area contributed by atoms with E-state index in [-0.39, 0.29) is 24.0 Å². The van der Waals surface area contributed by atoms with Crippen LogP contribution in [0.5, 0.6) is 0 Å². The molecule has 2 aromatic heterocycles. The van der Waals surface area contributed by atoms with E-state index >= 15 is 0 Å². The van der Waals surface area contributed by atoms with E-state index in [2.05, 4.69) is 80.9 Å². The first-order valence-corrected chi connectivity index (χ1v) is 10.7. The van der Waals surface area contributed by atoms with Gasteiger partial charge >= 0.3 is 0 Å². The van der Waals surface area contributed by atoms with E-state index in [1.54, 1.807) is 13.2 Å². The number of halogens is 1. The van der Waals surface area contributed by atoms with E-state index in [9.17, 15) is 0 Å². The summed E-state index contributed by atoms with van der Waals surface area (Å²) in [5.41, 5.74) is 2.44. The Hall–Kier alpha value is -2.46. The van der Waals surface area contributed by atoms with Crippen molar-refractivity contribution >= 4 is 29.9 Å². The molecule has 0 fully saturated rings. The topological polar surface area (TPSA) is 70.4 Å². The molecule has 2 heterocycles. The number of benzene rings is 1. The molecule has 32 heavy (non-hydrogen) atoms. The van der Waals surface area contributed by atoms with Crippen molar-refractivity contribution in [2.24, 2.45) is 4.99 Å². The first kappa shape index (κ1) is 25.8. The fourth-order valence-corrected chi connectivity index (χ4v) is 3.34. The molecule has 8 heteroatoms. The second-order valence-corrected chi connectivity index (χ2v) is 7.76. The highest BCUT2D eigenvalue weighted by Crippen LogP contribution is 2.09. The van der Waals surface area contributed by atoms with Crippen LogP contribution >= 0.6 is 24.0 Å². The number of hydrogen-bond donors (Lipinski definition) is 2. The molecule has 0 saturated heterocycles. The number of nitrogens with one attached hydrogen (secondary N) is 2. The second kappa shape index (κ2) is 13.2. The summed E-state index contributed by atoms with van der Waals surface area (Å²) in [5, 5.41) is 6.77. The minimum Gasteiger partial charge on any atom is -0.356 e. The third-order valence-corrected chi connectivity index (χ3v) is 5.45. The number of imidazole rings is 1. The van der Waals surface area contributed by atoms with Crippen LogP contribution in [0.15, 0.2) is 66.0 Å². The number of aromatic nitrogens is 3. The van der Waals surface area contributed by atoms with Crippen molar-refractivity contribution in [2.45, 2.75) is 39.4 Å². The largest absolute Gasteiger partial charge is 0.356 e. The van der Waals surface area contributed by atoms with Gasteiger partial charge in [0, 0.05) is 51.3 Å². The molecule has 172 valence electrons. The molecule has 1 atom stereocenters. The normalized spacial score (nSPS) is 12.3. The van der Waals surface area contributed by atoms with Crippen LogP contribution in [0.3, 0.4) is 0 Å². The maximum Gasteiger partial charge on any atom is 0.191 e. The Balaban J connectivity index is 0.00000363. The molecule has 0 amide bonds. The standard InChI is InChI=1S/C24H33N7.HI/c1-19(30(4)18-21-8-6-5-7-9-21)12-13-27-24(25-3)29-17-22-10-11-23(28-16-22)31-15-14-26-20(31)2;/h5-11,14-16,19H,12-13,17-18H2,1-4H3,(H2,25,27,29);1H. The summed E-state index contributed by atoms with van der Waals surface area (Å²) in [6.45, 7) is 6.70. The van der Waals surface area contributed by atoms with Crippen LogP contribution in [0.2, 0.25) is 0 Å². The van der Waals surface area contributed by atoms with Gasteiger partial charge < -0.3 is 10.6 Å². The molecule has 0 aliphatic rings. The molecule has 7 nitrogen and oxygen atoms in total. The highest BCUT2D eigenvalue weighted by molar-refractivity contribution is 14.0. The van der Waals surface area contributed by atoms with Gasteiger partial charge in [0.1, 0.15) is 11.6 Å². The van der Waals surface area contributed by atoms with E-state index < -0.39 is 0 Å². The summed E-state index contributed by atoms with van der Waals surface area (Å²) >= 11 is 0. The highest BCUT2D eigenvalue weighted by atomic mass is 127. The first-order valence-electron chi connectivity index (χ1n) is 10.7. The number of rotatable bonds is 9. The van der Waals surface area contributed by atoms with Crippen LogP contribution in [0.1, 0.15) is 30.3 Å². The van der Waals surface area contributed by atoms with E-state index in [1.165, 1.54) is 5.56 Å². The van der Waals surface area contributed by atoms with Crippen LogP contribution in [0, 0.1) is 6.92 Å². The van der Waals surface area contributed by atoms with Crippen molar-refractivity contribution in [1.29, 1.82) is 0 Å². The number of aryl methyl sites for hydroxylation is 1. The van der Waals surface area contributed by atoms with Crippen molar-refractivity contribution in [2.75, 3.05) is 20.6 Å². The molecule has 0 bridgehead atoms. The smallest absolute Gasteiger partial charge is 0.191 e. The van der Waals surface area contributed by atoms with Crippen molar-refractivity contribution in [3.8, 4) is 5.82 Å². The highest BCUT2D eigenvalue weighted by Gasteiger charge is 2.10. The van der Waals surface area contributed by atoms with Gasteiger partial charge in [-0.1, -0.05) is 36.4 Å². The van der Waals surface area contributed by atoms with Crippen molar-refractivity contribution in [3.05, 3.63) is 78.0 Å². The summed E-state index contributed by atoms with van der Waals surface area (Å²) in [6, 6.07) is 15.1. The van der Waals surface area contributed by atoms with Crippen LogP contribution in [0.25, 0.3) is 5.82 Å². The molecular weight excluding hydrogens is 513 g/mol. The Labute approximate surface area is 208 Å². The predicted octanol–water partition coefficient (Wildman–Crippen LogP) is 3.77. The molecule has 1 unspecified atom stereocenters. The molecule has 0 radical (unpaired) electrons. The van der Waals surface area contributed by atoms with Crippen LogP contribution in [-0.2, 0) is 13.1 Å². The summed E-state index contributed by atoms with van der Waals surface area (Å²) in [4.78, 5) is 15.5. The lowest BCUT2D eigenvalue weighted by atomic mass is 10.1. The molecule has 3 rings (SSSR count). The average molecular weight is 547 g/mol. The van der Waals surface area contributed by atoms with Crippen LogP contribution < -0.4 is 10.6 Å². The lowest BCUT2D eigenvalue weighted by molar-refractivity contribution is 0.238. The minimum atomic E-state index is 0. The minimum absolute atomic E-state index is 0. The van der Waals surface area contributed by atoms with Crippen molar-refractivity contribution < 1.29 is 0 Å². The maximum absolute atomic E-state index is 4.54. The van der Waals surface area contributed by atoms with Gasteiger partial charge in [0.2, 0.25) is 0 Å². The van der Waals surface area contributed by atoms with Gasteiger partial charge in [-0.05, 0) is 44.5 Å². The van der Waals surface area contributed by atoms with Gasteiger partial charge in [0.15, 0.2) is 5.96 Å². The molecule has 0 aliphatic heterocycles. The van der Waals surface area contributed by atoms with Gasteiger partial charge in [0.25, 0.3) is 0 Å². The molecule has 3 aromatic rings. The summed E-state index contributed by atoms with van der Waals surface area (Å²) < 4.78 is 1.97. The number of nitrogens with zero attached hydrogens (tertiary/aromatic N) is 5. The number of pyridine rings is 1. The molecule has 1 aromatic carbocycles. The van der Waals surface area contributed by atoms with Gasteiger partial charge in [-0.2, -0.15) is 0 Å². The summed E-state index contributed by atoms with van der Waals surface area (Å²) in [5.74, 6) is 2.59. The van der Waals surface area contributed by atoms with Crippen LogP contribution in [-0.4, -0.2) is 52.1 Å². The van der Waals surface area contributed by atoms with Gasteiger partial charge in [-0.15, -0.1) is 24.0 Å². The molecule has 2 N–H and O–H groups in total. The maximum atomic E-state index is 4.54. The zero-order valence-corrected chi connectivity index (χ0v) is 21.7. The van der Waals surface area contributed by atoms with Gasteiger partial charge in [0.05, 0.1) is 0 Å². The van der Waals surface area contributed by atoms with Crippen LogP contribution in [0.4, 0.5) is 0 Å². The van der Waals surface area contributed by atoms with E-state index in [0.717, 1.165) is 42.7 Å². The fraction of sp³-hybridized carbons (Fsp3) is 0.375. The van der Waals surface area contributed by atoms with E-state index in [4.69, 9.17) is 0 Å². The lowest BCUT2D eigenvalue weighted by Crippen LogP contribution is -2.39. The SMILES string of the molecule is CN=C(NCCC(C)N(C)Cc1ccccc1)NCc1ccc(-n2ccnc2C)nc1.I. The second-order valence-electron chi connectivity index (χ2n) is 7.76.